The maximum absolute atomic E-state index is 11.0. The molecule has 0 bridgehead atoms. The zero-order valence-corrected chi connectivity index (χ0v) is 14.2. The second kappa shape index (κ2) is 12.2. The van der Waals surface area contributed by atoms with Gasteiger partial charge in [0.15, 0.2) is 0 Å². The van der Waals surface area contributed by atoms with E-state index in [1.807, 2.05) is 0 Å². The van der Waals surface area contributed by atoms with Crippen LogP contribution in [0.15, 0.2) is 30.3 Å². The number of carbonyl (C=O) groups is 1. The molecule has 22 heavy (non-hydrogen) atoms. The second-order valence-corrected chi connectivity index (χ2v) is 6.02. The first kappa shape index (κ1) is 18.7. The van der Waals surface area contributed by atoms with E-state index < -0.39 is 0 Å². The molecule has 0 aliphatic rings. The van der Waals surface area contributed by atoms with Gasteiger partial charge in [0.1, 0.15) is 0 Å². The molecule has 0 saturated carbocycles. The molecule has 0 spiro atoms. The molecule has 3 nitrogen and oxygen atoms in total. The number of ether oxygens (including phenoxy) is 1. The molecule has 0 amide bonds. The Kier molecular flexibility index (Phi) is 10.4. The van der Waals surface area contributed by atoms with Crippen molar-refractivity contribution >= 4 is 5.97 Å². The van der Waals surface area contributed by atoms with Crippen LogP contribution in [0.2, 0.25) is 0 Å². The van der Waals surface area contributed by atoms with Crippen molar-refractivity contribution in [2.24, 2.45) is 0 Å². The Hall–Kier alpha value is -1.35. The zero-order valence-electron chi connectivity index (χ0n) is 14.2. The fourth-order valence-electron chi connectivity index (χ4n) is 2.61. The minimum Gasteiger partial charge on any atom is -0.469 e. The predicted molar refractivity (Wildman–Crippen MR) is 91.7 cm³/mol. The molecule has 1 aromatic carbocycles. The van der Waals surface area contributed by atoms with Crippen LogP contribution < -0.4 is 0 Å². The van der Waals surface area contributed by atoms with Crippen LogP contribution in [0.1, 0.15) is 56.9 Å². The Morgan fingerprint density at radius 3 is 2.18 bits per heavy atom. The molecular formula is C19H31NO2. The van der Waals surface area contributed by atoms with E-state index in [4.69, 9.17) is 0 Å². The predicted octanol–water partition coefficient (Wildman–Crippen LogP) is 4.41. The van der Waals surface area contributed by atoms with Gasteiger partial charge >= 0.3 is 5.97 Å². The first-order chi connectivity index (χ1) is 10.7. The molecule has 124 valence electrons. The third kappa shape index (κ3) is 9.56. The van der Waals surface area contributed by atoms with E-state index in [0.29, 0.717) is 6.42 Å². The summed E-state index contributed by atoms with van der Waals surface area (Å²) < 4.78 is 4.63. The highest BCUT2D eigenvalue weighted by Crippen LogP contribution is 2.10. The van der Waals surface area contributed by atoms with Gasteiger partial charge in [-0.25, -0.2) is 0 Å². The summed E-state index contributed by atoms with van der Waals surface area (Å²) in [6, 6.07) is 10.6. The number of rotatable bonds is 12. The number of esters is 1. The number of hydrogen-bond donors (Lipinski definition) is 0. The maximum Gasteiger partial charge on any atom is 0.305 e. The van der Waals surface area contributed by atoms with Gasteiger partial charge in [0.2, 0.25) is 0 Å². The smallest absolute Gasteiger partial charge is 0.305 e. The Morgan fingerprint density at radius 2 is 1.55 bits per heavy atom. The van der Waals surface area contributed by atoms with Crippen molar-refractivity contribution in [1.29, 1.82) is 0 Å². The van der Waals surface area contributed by atoms with Gasteiger partial charge in [0, 0.05) is 13.0 Å². The van der Waals surface area contributed by atoms with E-state index in [1.165, 1.54) is 44.8 Å². The average molecular weight is 305 g/mol. The second-order valence-electron chi connectivity index (χ2n) is 6.02. The van der Waals surface area contributed by atoms with Gasteiger partial charge in [-0.1, -0.05) is 62.4 Å². The van der Waals surface area contributed by atoms with E-state index in [1.54, 1.807) is 0 Å². The molecule has 0 N–H and O–H groups in total. The fourth-order valence-corrected chi connectivity index (χ4v) is 2.61. The fraction of sp³-hybridized carbons (Fsp3) is 0.632. The Labute approximate surface area is 135 Å². The lowest BCUT2D eigenvalue weighted by Gasteiger charge is -2.16. The summed E-state index contributed by atoms with van der Waals surface area (Å²) in [7, 11) is 3.65. The zero-order chi connectivity index (χ0) is 16.0. The van der Waals surface area contributed by atoms with Crippen LogP contribution in [0.3, 0.4) is 0 Å². The SMILES string of the molecule is COC(=O)CCCCCCCCCN(C)Cc1ccccc1. The third-order valence-corrected chi connectivity index (χ3v) is 3.94. The van der Waals surface area contributed by atoms with Gasteiger partial charge in [0.05, 0.1) is 7.11 Å². The molecular weight excluding hydrogens is 274 g/mol. The first-order valence-corrected chi connectivity index (χ1v) is 8.51. The van der Waals surface area contributed by atoms with Crippen LogP contribution in [-0.2, 0) is 16.1 Å². The summed E-state index contributed by atoms with van der Waals surface area (Å²) >= 11 is 0. The van der Waals surface area contributed by atoms with Crippen LogP contribution >= 0.6 is 0 Å². The summed E-state index contributed by atoms with van der Waals surface area (Å²) in [6.07, 6.45) is 9.07. The lowest BCUT2D eigenvalue weighted by atomic mass is 10.1. The third-order valence-electron chi connectivity index (χ3n) is 3.94. The van der Waals surface area contributed by atoms with Crippen molar-refractivity contribution in [3.05, 3.63) is 35.9 Å². The van der Waals surface area contributed by atoms with Crippen LogP contribution in [0.4, 0.5) is 0 Å². The Bertz CT molecular complexity index is 392. The minimum atomic E-state index is -0.0820. The quantitative estimate of drug-likeness (QED) is 0.423. The topological polar surface area (TPSA) is 29.5 Å². The van der Waals surface area contributed by atoms with E-state index in [2.05, 4.69) is 47.0 Å². The van der Waals surface area contributed by atoms with Gasteiger partial charge in [-0.3, -0.25) is 4.79 Å². The number of hydrogen-bond acceptors (Lipinski definition) is 3. The van der Waals surface area contributed by atoms with Gasteiger partial charge < -0.3 is 9.64 Å². The molecule has 1 rings (SSSR count). The van der Waals surface area contributed by atoms with E-state index >= 15 is 0 Å². The van der Waals surface area contributed by atoms with Crippen molar-refractivity contribution in [3.63, 3.8) is 0 Å². The summed E-state index contributed by atoms with van der Waals surface area (Å²) in [5, 5.41) is 0. The standard InChI is InChI=1S/C19H31NO2/c1-20(17-18-13-9-8-10-14-18)16-12-7-5-3-4-6-11-15-19(21)22-2/h8-10,13-14H,3-7,11-12,15-17H2,1-2H3. The lowest BCUT2D eigenvalue weighted by molar-refractivity contribution is -0.140. The van der Waals surface area contributed by atoms with E-state index in [9.17, 15) is 4.79 Å². The summed E-state index contributed by atoms with van der Waals surface area (Å²) in [5.74, 6) is -0.0820. The van der Waals surface area contributed by atoms with Crippen molar-refractivity contribution in [3.8, 4) is 0 Å². The van der Waals surface area contributed by atoms with Crippen LogP contribution in [-0.4, -0.2) is 31.6 Å². The van der Waals surface area contributed by atoms with Crippen LogP contribution in [0, 0.1) is 0 Å². The van der Waals surface area contributed by atoms with Crippen molar-refractivity contribution in [2.45, 2.75) is 57.9 Å². The van der Waals surface area contributed by atoms with Crippen molar-refractivity contribution < 1.29 is 9.53 Å². The molecule has 0 aliphatic heterocycles. The van der Waals surface area contributed by atoms with E-state index in [-0.39, 0.29) is 5.97 Å². The van der Waals surface area contributed by atoms with Gasteiger partial charge in [-0.15, -0.1) is 0 Å². The molecule has 1 aromatic rings. The summed E-state index contributed by atoms with van der Waals surface area (Å²) in [4.78, 5) is 13.3. The molecule has 0 saturated heterocycles. The minimum absolute atomic E-state index is 0.0820. The number of nitrogens with zero attached hydrogens (tertiary/aromatic N) is 1. The van der Waals surface area contributed by atoms with Crippen molar-refractivity contribution in [2.75, 3.05) is 20.7 Å². The Balaban J connectivity index is 1.90. The summed E-state index contributed by atoms with van der Waals surface area (Å²) in [6.45, 7) is 2.20. The maximum atomic E-state index is 11.0. The van der Waals surface area contributed by atoms with Crippen molar-refractivity contribution in [1.82, 2.24) is 4.90 Å². The summed E-state index contributed by atoms with van der Waals surface area (Å²) in [5.41, 5.74) is 1.38. The molecule has 0 unspecified atom stereocenters. The van der Waals surface area contributed by atoms with Gasteiger partial charge in [-0.2, -0.15) is 0 Å². The number of unbranched alkanes of at least 4 members (excludes halogenated alkanes) is 6. The normalized spacial score (nSPS) is 10.9. The highest BCUT2D eigenvalue weighted by Gasteiger charge is 2.01. The monoisotopic (exact) mass is 305 g/mol. The number of benzene rings is 1. The van der Waals surface area contributed by atoms with Crippen LogP contribution in [0.25, 0.3) is 0 Å². The van der Waals surface area contributed by atoms with Gasteiger partial charge in [-0.05, 0) is 32.0 Å². The largest absolute Gasteiger partial charge is 0.469 e. The molecule has 0 atom stereocenters. The molecule has 0 fully saturated rings. The highest BCUT2D eigenvalue weighted by molar-refractivity contribution is 5.68. The molecule has 0 radical (unpaired) electrons. The number of methoxy groups -OCH3 is 1. The highest BCUT2D eigenvalue weighted by atomic mass is 16.5. The van der Waals surface area contributed by atoms with E-state index in [0.717, 1.165) is 25.9 Å². The van der Waals surface area contributed by atoms with Crippen LogP contribution in [0.5, 0.6) is 0 Å². The average Bonchev–Trinajstić information content (AvgIpc) is 2.54. The first-order valence-electron chi connectivity index (χ1n) is 8.51. The Morgan fingerprint density at radius 1 is 0.955 bits per heavy atom. The van der Waals surface area contributed by atoms with Gasteiger partial charge in [0.25, 0.3) is 0 Å². The number of carbonyl (C=O) groups excluding carboxylic acids is 1. The molecule has 0 heterocycles. The molecule has 0 aromatic heterocycles. The molecule has 0 aliphatic carbocycles. The lowest BCUT2D eigenvalue weighted by Crippen LogP contribution is -2.18. The molecule has 3 heteroatoms.